The van der Waals surface area contributed by atoms with Crippen LogP contribution in [0.15, 0.2) is 0 Å². The van der Waals surface area contributed by atoms with Crippen LogP contribution in [-0.2, 0) is 9.53 Å². The number of carbonyl (C=O) groups is 1. The summed E-state index contributed by atoms with van der Waals surface area (Å²) in [7, 11) is 0. The smallest absolute Gasteiger partial charge is 0.220 e. The molecule has 0 spiro atoms. The van der Waals surface area contributed by atoms with E-state index in [0.29, 0.717) is 19.6 Å². The van der Waals surface area contributed by atoms with Gasteiger partial charge in [0.1, 0.15) is 0 Å². The zero-order chi connectivity index (χ0) is 13.5. The summed E-state index contributed by atoms with van der Waals surface area (Å²) >= 11 is 0. The number of carbonyl (C=O) groups excluding carboxylic acids is 1. The lowest BCUT2D eigenvalue weighted by atomic mass is 9.90. The summed E-state index contributed by atoms with van der Waals surface area (Å²) in [6.45, 7) is 14.0. The monoisotopic (exact) mass is 243 g/mol. The summed E-state index contributed by atoms with van der Waals surface area (Å²) in [4.78, 5) is 11.6. The van der Waals surface area contributed by atoms with Crippen LogP contribution in [0.3, 0.4) is 0 Å². The van der Waals surface area contributed by atoms with E-state index in [0.717, 1.165) is 12.8 Å². The maximum atomic E-state index is 11.6. The van der Waals surface area contributed by atoms with E-state index in [1.54, 1.807) is 0 Å². The Kier molecular flexibility index (Phi) is 6.76. The molecular formula is C14H29NO2. The maximum Gasteiger partial charge on any atom is 0.220 e. The Bertz CT molecular complexity index is 229. The van der Waals surface area contributed by atoms with Gasteiger partial charge in [-0.1, -0.05) is 20.8 Å². The molecule has 17 heavy (non-hydrogen) atoms. The normalized spacial score (nSPS) is 12.6. The van der Waals surface area contributed by atoms with Gasteiger partial charge in [0.15, 0.2) is 0 Å². The lowest BCUT2D eigenvalue weighted by molar-refractivity contribution is -0.121. The Morgan fingerprint density at radius 2 is 1.71 bits per heavy atom. The molecule has 0 heterocycles. The Morgan fingerprint density at radius 3 is 2.18 bits per heavy atom. The molecule has 0 aliphatic heterocycles. The number of hydrogen-bond donors (Lipinski definition) is 1. The highest BCUT2D eigenvalue weighted by Gasteiger charge is 2.18. The molecule has 3 heteroatoms. The fraction of sp³-hybridized carbons (Fsp3) is 0.929. The van der Waals surface area contributed by atoms with Gasteiger partial charge < -0.3 is 10.1 Å². The quantitative estimate of drug-likeness (QED) is 0.746. The highest BCUT2D eigenvalue weighted by molar-refractivity contribution is 5.75. The van der Waals surface area contributed by atoms with Gasteiger partial charge >= 0.3 is 0 Å². The molecule has 3 nitrogen and oxygen atoms in total. The number of ether oxygens (including phenoxy) is 1. The van der Waals surface area contributed by atoms with E-state index in [2.05, 4.69) is 39.9 Å². The van der Waals surface area contributed by atoms with Crippen LogP contribution < -0.4 is 5.32 Å². The molecule has 0 aromatic carbocycles. The van der Waals surface area contributed by atoms with Gasteiger partial charge in [0.05, 0.1) is 5.60 Å². The molecule has 0 aromatic rings. The molecule has 0 unspecified atom stereocenters. The number of nitrogens with one attached hydrogen (secondary N) is 1. The second-order valence-corrected chi connectivity index (χ2v) is 6.35. The van der Waals surface area contributed by atoms with Crippen LogP contribution in [0.5, 0.6) is 0 Å². The van der Waals surface area contributed by atoms with Gasteiger partial charge in [0, 0.05) is 19.6 Å². The first kappa shape index (κ1) is 16.4. The molecule has 0 aromatic heterocycles. The summed E-state index contributed by atoms with van der Waals surface area (Å²) in [5, 5.41) is 2.95. The van der Waals surface area contributed by atoms with Crippen molar-refractivity contribution in [3.63, 3.8) is 0 Å². The second kappa shape index (κ2) is 7.00. The Labute approximate surface area is 106 Å². The van der Waals surface area contributed by atoms with E-state index in [4.69, 9.17) is 4.74 Å². The number of hydrogen-bond acceptors (Lipinski definition) is 2. The van der Waals surface area contributed by atoms with E-state index >= 15 is 0 Å². The zero-order valence-corrected chi connectivity index (χ0v) is 12.4. The second-order valence-electron chi connectivity index (χ2n) is 6.35. The van der Waals surface area contributed by atoms with Crippen molar-refractivity contribution in [1.82, 2.24) is 5.32 Å². The molecule has 0 fully saturated rings. The van der Waals surface area contributed by atoms with Crippen LogP contribution in [0.25, 0.3) is 0 Å². The fourth-order valence-corrected chi connectivity index (χ4v) is 1.54. The van der Waals surface area contributed by atoms with E-state index < -0.39 is 0 Å². The minimum absolute atomic E-state index is 0.146. The third kappa shape index (κ3) is 10.3. The summed E-state index contributed by atoms with van der Waals surface area (Å²) < 4.78 is 5.57. The van der Waals surface area contributed by atoms with Gasteiger partial charge in [-0.05, 0) is 39.0 Å². The van der Waals surface area contributed by atoms with Crippen molar-refractivity contribution in [2.45, 2.75) is 66.4 Å². The highest BCUT2D eigenvalue weighted by Crippen LogP contribution is 2.20. The zero-order valence-electron chi connectivity index (χ0n) is 12.4. The van der Waals surface area contributed by atoms with Crippen LogP contribution in [0.1, 0.15) is 60.8 Å². The summed E-state index contributed by atoms with van der Waals surface area (Å²) in [6.07, 6.45) is 2.38. The van der Waals surface area contributed by atoms with Crippen molar-refractivity contribution in [3.05, 3.63) is 0 Å². The van der Waals surface area contributed by atoms with Crippen LogP contribution in [0.2, 0.25) is 0 Å². The average molecular weight is 243 g/mol. The van der Waals surface area contributed by atoms with Gasteiger partial charge in [-0.3, -0.25) is 4.79 Å². The number of rotatable bonds is 7. The Morgan fingerprint density at radius 1 is 1.12 bits per heavy atom. The first-order valence-electron chi connectivity index (χ1n) is 6.57. The average Bonchev–Trinajstić information content (AvgIpc) is 2.13. The molecule has 102 valence electrons. The molecule has 0 rings (SSSR count). The van der Waals surface area contributed by atoms with Crippen molar-refractivity contribution in [3.8, 4) is 0 Å². The van der Waals surface area contributed by atoms with Gasteiger partial charge in [0.2, 0.25) is 5.91 Å². The molecule has 0 saturated heterocycles. The summed E-state index contributed by atoms with van der Waals surface area (Å²) in [5.74, 6) is 0.146. The SMILES string of the molecule is CCOC(C)(C)CCNC(=O)CCC(C)(C)C. The molecule has 0 aliphatic carbocycles. The molecular weight excluding hydrogens is 214 g/mol. The first-order chi connectivity index (χ1) is 7.66. The van der Waals surface area contributed by atoms with Crippen molar-refractivity contribution in [2.24, 2.45) is 5.41 Å². The fourth-order valence-electron chi connectivity index (χ4n) is 1.54. The van der Waals surface area contributed by atoms with Crippen molar-refractivity contribution in [2.75, 3.05) is 13.2 Å². The minimum Gasteiger partial charge on any atom is -0.376 e. The van der Waals surface area contributed by atoms with E-state index in [1.807, 2.05) is 6.92 Å². The molecule has 1 amide bonds. The number of amides is 1. The molecule has 0 saturated carbocycles. The Balaban J connectivity index is 3.72. The third-order valence-electron chi connectivity index (χ3n) is 2.69. The van der Waals surface area contributed by atoms with Gasteiger partial charge in [0.25, 0.3) is 0 Å². The van der Waals surface area contributed by atoms with Gasteiger partial charge in [-0.15, -0.1) is 0 Å². The predicted molar refractivity (Wildman–Crippen MR) is 72.0 cm³/mol. The molecule has 0 aliphatic rings. The first-order valence-corrected chi connectivity index (χ1v) is 6.57. The van der Waals surface area contributed by atoms with Crippen molar-refractivity contribution in [1.29, 1.82) is 0 Å². The summed E-state index contributed by atoms with van der Waals surface area (Å²) in [6, 6.07) is 0. The van der Waals surface area contributed by atoms with Gasteiger partial charge in [-0.2, -0.15) is 0 Å². The summed E-state index contributed by atoms with van der Waals surface area (Å²) in [5.41, 5.74) is 0.0774. The minimum atomic E-state index is -0.147. The van der Waals surface area contributed by atoms with E-state index in [-0.39, 0.29) is 16.9 Å². The molecule has 0 atom stereocenters. The lowest BCUT2D eigenvalue weighted by Crippen LogP contribution is -2.33. The predicted octanol–water partition coefficient (Wildman–Crippen LogP) is 3.13. The Hall–Kier alpha value is -0.570. The molecule has 0 radical (unpaired) electrons. The molecule has 1 N–H and O–H groups in total. The largest absolute Gasteiger partial charge is 0.376 e. The van der Waals surface area contributed by atoms with Crippen LogP contribution in [0.4, 0.5) is 0 Å². The van der Waals surface area contributed by atoms with Crippen LogP contribution >= 0.6 is 0 Å². The van der Waals surface area contributed by atoms with Crippen molar-refractivity contribution >= 4 is 5.91 Å². The van der Waals surface area contributed by atoms with Crippen molar-refractivity contribution < 1.29 is 9.53 Å². The van der Waals surface area contributed by atoms with E-state index in [1.165, 1.54) is 0 Å². The van der Waals surface area contributed by atoms with Crippen LogP contribution in [-0.4, -0.2) is 24.7 Å². The maximum absolute atomic E-state index is 11.6. The standard InChI is InChI=1S/C14H29NO2/c1-7-17-14(5,6)10-11-15-12(16)8-9-13(2,3)4/h7-11H2,1-6H3,(H,15,16). The lowest BCUT2D eigenvalue weighted by Gasteiger charge is -2.24. The molecule has 0 bridgehead atoms. The topological polar surface area (TPSA) is 38.3 Å². The highest BCUT2D eigenvalue weighted by atomic mass is 16.5. The van der Waals surface area contributed by atoms with Crippen LogP contribution in [0, 0.1) is 5.41 Å². The van der Waals surface area contributed by atoms with Gasteiger partial charge in [-0.25, -0.2) is 0 Å². The third-order valence-corrected chi connectivity index (χ3v) is 2.69. The van der Waals surface area contributed by atoms with E-state index in [9.17, 15) is 4.79 Å².